The van der Waals surface area contributed by atoms with Gasteiger partial charge in [0, 0.05) is 29.2 Å². The predicted molar refractivity (Wildman–Crippen MR) is 135 cm³/mol. The van der Waals surface area contributed by atoms with E-state index in [2.05, 4.69) is 34.1 Å². The van der Waals surface area contributed by atoms with Crippen molar-refractivity contribution in [1.82, 2.24) is 9.88 Å². The molecule has 4 aromatic rings. The first-order valence-electron chi connectivity index (χ1n) is 10.7. The summed E-state index contributed by atoms with van der Waals surface area (Å²) < 4.78 is 15.5. The molecular weight excluding hydrogens is 449 g/mol. The summed E-state index contributed by atoms with van der Waals surface area (Å²) in [4.78, 5) is 27.2. The molecule has 7 heteroatoms. The summed E-state index contributed by atoms with van der Waals surface area (Å²) in [5.41, 5.74) is 4.40. The first kappa shape index (κ1) is 21.7. The number of aromatic nitrogens is 1. The molecule has 0 aliphatic carbocycles. The number of nitrogens with one attached hydrogen (secondary N) is 1. The minimum atomic E-state index is -0.566. The maximum absolute atomic E-state index is 13.4. The van der Waals surface area contributed by atoms with Crippen LogP contribution in [-0.2, 0) is 16.1 Å². The Morgan fingerprint density at radius 2 is 1.68 bits per heavy atom. The molecule has 1 aliphatic heterocycles. The molecule has 3 aromatic carbocycles. The highest BCUT2D eigenvalue weighted by molar-refractivity contribution is 7.80. The molecule has 0 spiro atoms. The number of anilines is 1. The number of amides is 2. The molecule has 2 heterocycles. The van der Waals surface area contributed by atoms with Gasteiger partial charge >= 0.3 is 0 Å². The van der Waals surface area contributed by atoms with E-state index in [4.69, 9.17) is 12.2 Å². The second kappa shape index (κ2) is 8.68. The fourth-order valence-electron chi connectivity index (χ4n) is 4.05. The largest absolute Gasteiger partial charge is 0.342 e. The molecule has 0 bridgehead atoms. The van der Waals surface area contributed by atoms with Gasteiger partial charge in [-0.3, -0.25) is 19.8 Å². The molecule has 1 aliphatic rings. The smallest absolute Gasteiger partial charge is 0.270 e. The molecule has 1 aromatic heterocycles. The maximum Gasteiger partial charge on any atom is 0.270 e. The molecule has 2 amide bonds. The fourth-order valence-corrected chi connectivity index (χ4v) is 4.33. The maximum atomic E-state index is 13.4. The minimum Gasteiger partial charge on any atom is -0.342 e. The van der Waals surface area contributed by atoms with Crippen molar-refractivity contribution in [3.63, 3.8) is 0 Å². The van der Waals surface area contributed by atoms with E-state index in [0.29, 0.717) is 12.2 Å². The van der Waals surface area contributed by atoms with Crippen molar-refractivity contribution in [2.45, 2.75) is 13.5 Å². The summed E-state index contributed by atoms with van der Waals surface area (Å²) in [6, 6.07) is 21.5. The molecule has 34 heavy (non-hydrogen) atoms. The number of para-hydroxylation sites is 1. The van der Waals surface area contributed by atoms with Gasteiger partial charge in [0.2, 0.25) is 0 Å². The van der Waals surface area contributed by atoms with Gasteiger partial charge in [-0.25, -0.2) is 4.39 Å². The van der Waals surface area contributed by atoms with E-state index in [0.717, 1.165) is 22.0 Å². The van der Waals surface area contributed by atoms with Crippen molar-refractivity contribution in [1.29, 1.82) is 0 Å². The average molecular weight is 470 g/mol. The molecule has 0 radical (unpaired) electrons. The zero-order chi connectivity index (χ0) is 23.8. The van der Waals surface area contributed by atoms with Crippen LogP contribution in [0, 0.1) is 12.7 Å². The quantitative estimate of drug-likeness (QED) is 0.261. The van der Waals surface area contributed by atoms with Crippen LogP contribution in [-0.4, -0.2) is 21.5 Å². The van der Waals surface area contributed by atoms with Crippen LogP contribution in [0.3, 0.4) is 0 Å². The molecule has 1 N–H and O–H groups in total. The van der Waals surface area contributed by atoms with Gasteiger partial charge in [0.15, 0.2) is 5.11 Å². The second-order valence-electron chi connectivity index (χ2n) is 8.15. The Hall–Kier alpha value is -4.10. The fraction of sp³-hybridized carbons (Fsp3) is 0.0741. The van der Waals surface area contributed by atoms with Crippen molar-refractivity contribution in [2.24, 2.45) is 0 Å². The SMILES string of the molecule is Cc1ccc(Cn2cc(C=C3C(=O)NC(=S)N(c4ccc(F)cc4)C3=O)c3ccccc32)cc1. The Morgan fingerprint density at radius 3 is 2.41 bits per heavy atom. The third kappa shape index (κ3) is 4.02. The second-order valence-corrected chi connectivity index (χ2v) is 8.54. The third-order valence-electron chi connectivity index (χ3n) is 5.78. The zero-order valence-electron chi connectivity index (χ0n) is 18.3. The van der Waals surface area contributed by atoms with Crippen LogP contribution in [0.4, 0.5) is 10.1 Å². The lowest BCUT2D eigenvalue weighted by atomic mass is 10.1. The van der Waals surface area contributed by atoms with Gasteiger partial charge in [-0.2, -0.15) is 0 Å². The van der Waals surface area contributed by atoms with Crippen LogP contribution in [0.1, 0.15) is 16.7 Å². The Labute approximate surface area is 201 Å². The highest BCUT2D eigenvalue weighted by atomic mass is 32.1. The van der Waals surface area contributed by atoms with E-state index in [1.165, 1.54) is 34.7 Å². The average Bonchev–Trinajstić information content (AvgIpc) is 3.16. The van der Waals surface area contributed by atoms with Gasteiger partial charge in [-0.05, 0) is 61.1 Å². The van der Waals surface area contributed by atoms with E-state index < -0.39 is 17.6 Å². The van der Waals surface area contributed by atoms with Crippen LogP contribution in [0.5, 0.6) is 0 Å². The van der Waals surface area contributed by atoms with Crippen LogP contribution in [0.25, 0.3) is 17.0 Å². The van der Waals surface area contributed by atoms with Crippen molar-refractivity contribution < 1.29 is 14.0 Å². The number of aryl methyl sites for hydroxylation is 1. The van der Waals surface area contributed by atoms with Gasteiger partial charge in [0.25, 0.3) is 11.8 Å². The van der Waals surface area contributed by atoms with E-state index in [1.54, 1.807) is 6.08 Å². The number of benzene rings is 3. The van der Waals surface area contributed by atoms with Gasteiger partial charge < -0.3 is 4.57 Å². The first-order chi connectivity index (χ1) is 16.4. The van der Waals surface area contributed by atoms with Crippen molar-refractivity contribution in [3.8, 4) is 0 Å². The Kier molecular flexibility index (Phi) is 5.55. The van der Waals surface area contributed by atoms with Crippen molar-refractivity contribution in [2.75, 3.05) is 4.90 Å². The van der Waals surface area contributed by atoms with Gasteiger partial charge in [-0.15, -0.1) is 0 Å². The van der Waals surface area contributed by atoms with Crippen LogP contribution < -0.4 is 10.2 Å². The number of rotatable bonds is 4. The van der Waals surface area contributed by atoms with E-state index >= 15 is 0 Å². The molecule has 0 saturated carbocycles. The highest BCUT2D eigenvalue weighted by Gasteiger charge is 2.34. The molecule has 5 nitrogen and oxygen atoms in total. The lowest BCUT2D eigenvalue weighted by Crippen LogP contribution is -2.54. The van der Waals surface area contributed by atoms with E-state index in [1.807, 2.05) is 37.4 Å². The van der Waals surface area contributed by atoms with E-state index in [9.17, 15) is 14.0 Å². The van der Waals surface area contributed by atoms with Crippen molar-refractivity contribution >= 4 is 51.8 Å². The van der Waals surface area contributed by atoms with Crippen LogP contribution >= 0.6 is 12.2 Å². The zero-order valence-corrected chi connectivity index (χ0v) is 19.1. The number of carbonyl (C=O) groups is 2. The van der Waals surface area contributed by atoms with E-state index in [-0.39, 0.29) is 10.7 Å². The summed E-state index contributed by atoms with van der Waals surface area (Å²) in [6.07, 6.45) is 3.52. The topological polar surface area (TPSA) is 54.3 Å². The number of hydrogen-bond donors (Lipinski definition) is 1. The molecule has 1 saturated heterocycles. The number of carbonyl (C=O) groups excluding carboxylic acids is 2. The molecule has 0 unspecified atom stereocenters. The summed E-state index contributed by atoms with van der Waals surface area (Å²) in [6.45, 7) is 2.70. The molecule has 5 rings (SSSR count). The third-order valence-corrected chi connectivity index (χ3v) is 6.06. The summed E-state index contributed by atoms with van der Waals surface area (Å²) >= 11 is 5.22. The number of hydrogen-bond acceptors (Lipinski definition) is 3. The number of halogens is 1. The molecule has 0 atom stereocenters. The highest BCUT2D eigenvalue weighted by Crippen LogP contribution is 2.27. The lowest BCUT2D eigenvalue weighted by Gasteiger charge is -2.28. The van der Waals surface area contributed by atoms with Gasteiger partial charge in [0.05, 0.1) is 5.69 Å². The first-order valence-corrected chi connectivity index (χ1v) is 11.1. The summed E-state index contributed by atoms with van der Waals surface area (Å²) in [5, 5.41) is 3.45. The monoisotopic (exact) mass is 469 g/mol. The summed E-state index contributed by atoms with van der Waals surface area (Å²) in [7, 11) is 0. The summed E-state index contributed by atoms with van der Waals surface area (Å²) in [5.74, 6) is -1.56. The van der Waals surface area contributed by atoms with Crippen LogP contribution in [0.2, 0.25) is 0 Å². The normalized spacial score (nSPS) is 15.3. The Balaban J connectivity index is 1.56. The molecular formula is C27H20FN3O2S. The number of thiocarbonyl (C=S) groups is 1. The van der Waals surface area contributed by atoms with Gasteiger partial charge in [0.1, 0.15) is 11.4 Å². The number of nitrogens with zero attached hydrogens (tertiary/aromatic N) is 2. The number of fused-ring (bicyclic) bond motifs is 1. The Bertz CT molecular complexity index is 1470. The van der Waals surface area contributed by atoms with Crippen LogP contribution in [0.15, 0.2) is 84.6 Å². The van der Waals surface area contributed by atoms with Gasteiger partial charge in [-0.1, -0.05) is 48.0 Å². The molecule has 1 fully saturated rings. The standard InChI is InChI=1S/C27H20FN3O2S/c1-17-6-8-18(9-7-17)15-30-16-19(22-4-2-3-5-24(22)30)14-23-25(32)29-27(34)31(26(23)33)21-12-10-20(28)11-13-21/h2-14,16H,15H2,1H3,(H,29,32,34). The van der Waals surface area contributed by atoms with Crippen molar-refractivity contribution in [3.05, 3.63) is 107 Å². The minimum absolute atomic E-state index is 0.0412. The molecule has 168 valence electrons. The predicted octanol–water partition coefficient (Wildman–Crippen LogP) is 4.97. The Morgan fingerprint density at radius 1 is 0.971 bits per heavy atom. The lowest BCUT2D eigenvalue weighted by molar-refractivity contribution is -0.122.